The molecule has 0 saturated carbocycles. The van der Waals surface area contributed by atoms with Crippen LogP contribution in [0.25, 0.3) is 11.0 Å². The number of nitro groups is 1. The maximum absolute atomic E-state index is 12.1. The molecule has 0 fully saturated rings. The van der Waals surface area contributed by atoms with Gasteiger partial charge in [0.25, 0.3) is 5.91 Å². The first-order valence-corrected chi connectivity index (χ1v) is 10.5. The summed E-state index contributed by atoms with van der Waals surface area (Å²) in [4.78, 5) is 31.3. The van der Waals surface area contributed by atoms with Gasteiger partial charge in [-0.1, -0.05) is 32.5 Å². The Hall–Kier alpha value is -3.15. The monoisotopic (exact) mass is 433 g/mol. The molecule has 0 atom stereocenters. The second-order valence-electron chi connectivity index (χ2n) is 6.82. The first-order valence-electron chi connectivity index (χ1n) is 9.51. The number of rotatable bonds is 10. The summed E-state index contributed by atoms with van der Waals surface area (Å²) in [5.41, 5.74) is 0.676. The van der Waals surface area contributed by atoms with E-state index in [9.17, 15) is 14.9 Å². The first kappa shape index (κ1) is 21.6. The van der Waals surface area contributed by atoms with Gasteiger partial charge in [0, 0.05) is 13.1 Å². The SMILES string of the molecule is CCSc1nc(NCC(C)C)c2cnn(CCNC(=O)c3ccc([N+](=O)[O-])o3)c2n1. The number of fused-ring (bicyclic) bond motifs is 1. The molecule has 0 bridgehead atoms. The van der Waals surface area contributed by atoms with Crippen LogP contribution in [0.2, 0.25) is 0 Å². The van der Waals surface area contributed by atoms with Crippen LogP contribution in [0.1, 0.15) is 31.3 Å². The molecular weight excluding hydrogens is 410 g/mol. The summed E-state index contributed by atoms with van der Waals surface area (Å²) in [5, 5.41) is 22.5. The topological polar surface area (TPSA) is 141 Å². The predicted molar refractivity (Wildman–Crippen MR) is 113 cm³/mol. The van der Waals surface area contributed by atoms with Crippen molar-refractivity contribution in [2.75, 3.05) is 24.2 Å². The number of carbonyl (C=O) groups excluding carboxylic acids is 1. The van der Waals surface area contributed by atoms with Gasteiger partial charge in [-0.15, -0.1) is 0 Å². The van der Waals surface area contributed by atoms with Crippen molar-refractivity contribution in [2.24, 2.45) is 5.92 Å². The van der Waals surface area contributed by atoms with E-state index in [0.29, 0.717) is 23.3 Å². The minimum Gasteiger partial charge on any atom is -0.395 e. The normalized spacial score (nSPS) is 11.2. The Kier molecular flexibility index (Phi) is 6.87. The molecule has 0 spiro atoms. The lowest BCUT2D eigenvalue weighted by atomic mass is 10.2. The van der Waals surface area contributed by atoms with E-state index in [0.717, 1.165) is 29.6 Å². The van der Waals surface area contributed by atoms with Crippen LogP contribution < -0.4 is 10.6 Å². The van der Waals surface area contributed by atoms with Crippen LogP contribution in [-0.4, -0.2) is 49.4 Å². The molecule has 0 radical (unpaired) electrons. The zero-order chi connectivity index (χ0) is 21.7. The smallest absolute Gasteiger partial charge is 0.395 e. The van der Waals surface area contributed by atoms with Gasteiger partial charge in [0.15, 0.2) is 16.6 Å². The Labute approximate surface area is 176 Å². The van der Waals surface area contributed by atoms with Gasteiger partial charge in [-0.25, -0.2) is 14.6 Å². The van der Waals surface area contributed by atoms with Gasteiger partial charge in [-0.2, -0.15) is 5.10 Å². The van der Waals surface area contributed by atoms with E-state index in [4.69, 9.17) is 4.42 Å². The van der Waals surface area contributed by atoms with Gasteiger partial charge in [0.1, 0.15) is 10.7 Å². The molecule has 3 heterocycles. The average Bonchev–Trinajstić information content (AvgIpc) is 3.34. The predicted octanol–water partition coefficient (Wildman–Crippen LogP) is 2.94. The number of hydrogen-bond donors (Lipinski definition) is 2. The molecule has 30 heavy (non-hydrogen) atoms. The highest BCUT2D eigenvalue weighted by Crippen LogP contribution is 2.24. The van der Waals surface area contributed by atoms with Crippen molar-refractivity contribution >= 4 is 40.4 Å². The van der Waals surface area contributed by atoms with Crippen LogP contribution in [0.4, 0.5) is 11.7 Å². The summed E-state index contributed by atoms with van der Waals surface area (Å²) in [6.07, 6.45) is 1.70. The standard InChI is InChI=1S/C18H23N7O4S/c1-4-30-18-22-15(20-9-11(2)3)12-10-21-24(16(12)23-18)8-7-19-17(26)13-5-6-14(29-13)25(27)28/h5-6,10-11H,4,7-9H2,1-3H3,(H,19,26)(H,20,22,23). The number of amides is 1. The van der Waals surface area contributed by atoms with Crippen molar-refractivity contribution in [1.82, 2.24) is 25.1 Å². The summed E-state index contributed by atoms with van der Waals surface area (Å²) < 4.78 is 6.60. The Balaban J connectivity index is 1.72. The van der Waals surface area contributed by atoms with E-state index in [-0.39, 0.29) is 12.3 Å². The van der Waals surface area contributed by atoms with E-state index in [1.54, 1.807) is 22.6 Å². The molecule has 0 unspecified atom stereocenters. The molecule has 0 aliphatic rings. The quantitative estimate of drug-likeness (QED) is 0.214. The van der Waals surface area contributed by atoms with E-state index >= 15 is 0 Å². The lowest BCUT2D eigenvalue weighted by Crippen LogP contribution is -2.27. The van der Waals surface area contributed by atoms with Gasteiger partial charge < -0.3 is 15.1 Å². The number of furan rings is 1. The van der Waals surface area contributed by atoms with Gasteiger partial charge >= 0.3 is 5.88 Å². The summed E-state index contributed by atoms with van der Waals surface area (Å²) >= 11 is 1.54. The van der Waals surface area contributed by atoms with E-state index in [1.165, 1.54) is 6.07 Å². The molecule has 11 nitrogen and oxygen atoms in total. The fourth-order valence-electron chi connectivity index (χ4n) is 2.64. The molecule has 160 valence electrons. The molecule has 1 amide bonds. The highest BCUT2D eigenvalue weighted by molar-refractivity contribution is 7.99. The summed E-state index contributed by atoms with van der Waals surface area (Å²) in [6, 6.07) is 2.41. The number of carbonyl (C=O) groups is 1. The third kappa shape index (κ3) is 5.06. The van der Waals surface area contributed by atoms with E-state index < -0.39 is 16.7 Å². The number of anilines is 1. The lowest BCUT2D eigenvalue weighted by molar-refractivity contribution is -0.402. The number of nitrogens with zero attached hydrogens (tertiary/aromatic N) is 5. The average molecular weight is 433 g/mol. The van der Waals surface area contributed by atoms with Crippen molar-refractivity contribution in [1.29, 1.82) is 0 Å². The zero-order valence-electron chi connectivity index (χ0n) is 16.9. The Bertz CT molecular complexity index is 1050. The molecule has 0 saturated heterocycles. The lowest BCUT2D eigenvalue weighted by Gasteiger charge is -2.11. The van der Waals surface area contributed by atoms with Crippen molar-refractivity contribution in [3.63, 3.8) is 0 Å². The molecule has 12 heteroatoms. The second-order valence-corrected chi connectivity index (χ2v) is 8.05. The number of nitrogens with one attached hydrogen (secondary N) is 2. The first-order chi connectivity index (χ1) is 14.4. The number of hydrogen-bond acceptors (Lipinski definition) is 9. The van der Waals surface area contributed by atoms with Crippen LogP contribution in [0.5, 0.6) is 0 Å². The summed E-state index contributed by atoms with van der Waals surface area (Å²) in [6.45, 7) is 7.66. The number of thioether (sulfide) groups is 1. The van der Waals surface area contributed by atoms with Crippen LogP contribution >= 0.6 is 11.8 Å². The van der Waals surface area contributed by atoms with Crippen molar-refractivity contribution in [3.8, 4) is 0 Å². The van der Waals surface area contributed by atoms with Crippen LogP contribution in [-0.2, 0) is 6.54 Å². The second kappa shape index (κ2) is 9.57. The maximum atomic E-state index is 12.1. The molecule has 3 aromatic rings. The molecule has 0 aliphatic heterocycles. The van der Waals surface area contributed by atoms with Gasteiger partial charge in [-0.3, -0.25) is 14.9 Å². The summed E-state index contributed by atoms with van der Waals surface area (Å²) in [7, 11) is 0. The molecule has 0 aliphatic carbocycles. The van der Waals surface area contributed by atoms with E-state index in [1.807, 2.05) is 6.92 Å². The van der Waals surface area contributed by atoms with Gasteiger partial charge in [-0.05, 0) is 17.7 Å². The largest absolute Gasteiger partial charge is 0.433 e. The van der Waals surface area contributed by atoms with Gasteiger partial charge in [0.05, 0.1) is 24.2 Å². The van der Waals surface area contributed by atoms with Crippen LogP contribution in [0.3, 0.4) is 0 Å². The fourth-order valence-corrected chi connectivity index (χ4v) is 3.20. The Morgan fingerprint density at radius 3 is 2.83 bits per heavy atom. The van der Waals surface area contributed by atoms with Crippen LogP contribution in [0.15, 0.2) is 27.9 Å². The molecule has 3 rings (SSSR count). The van der Waals surface area contributed by atoms with Crippen molar-refractivity contribution in [2.45, 2.75) is 32.5 Å². The molecule has 3 aromatic heterocycles. The Morgan fingerprint density at radius 1 is 1.37 bits per heavy atom. The third-order valence-corrected chi connectivity index (χ3v) is 4.76. The maximum Gasteiger partial charge on any atom is 0.433 e. The third-order valence-electron chi connectivity index (χ3n) is 4.03. The van der Waals surface area contributed by atoms with E-state index in [2.05, 4.69) is 39.5 Å². The fraction of sp³-hybridized carbons (Fsp3) is 0.444. The zero-order valence-corrected chi connectivity index (χ0v) is 17.7. The number of aromatic nitrogens is 4. The minimum atomic E-state index is -0.691. The van der Waals surface area contributed by atoms with Crippen molar-refractivity contribution < 1.29 is 14.1 Å². The summed E-state index contributed by atoms with van der Waals surface area (Å²) in [5.74, 6) is 0.918. The Morgan fingerprint density at radius 2 is 2.17 bits per heavy atom. The minimum absolute atomic E-state index is 0.115. The van der Waals surface area contributed by atoms with Crippen LogP contribution in [0, 0.1) is 16.0 Å². The highest BCUT2D eigenvalue weighted by Gasteiger charge is 2.17. The molecule has 2 N–H and O–H groups in total. The highest BCUT2D eigenvalue weighted by atomic mass is 32.2. The molecule has 0 aromatic carbocycles. The molecular formula is C18H23N7O4S. The van der Waals surface area contributed by atoms with Gasteiger partial charge in [0.2, 0.25) is 0 Å². The van der Waals surface area contributed by atoms with Crippen molar-refractivity contribution in [3.05, 3.63) is 34.2 Å².